The molecule has 0 saturated carbocycles. The summed E-state index contributed by atoms with van der Waals surface area (Å²) in [5.41, 5.74) is 2.96. The van der Waals surface area contributed by atoms with Crippen LogP contribution in [-0.2, 0) is 4.79 Å². The number of aryl methyl sites for hydroxylation is 1. The summed E-state index contributed by atoms with van der Waals surface area (Å²) < 4.78 is 1.97. The summed E-state index contributed by atoms with van der Waals surface area (Å²) in [6.07, 6.45) is 7.05. The van der Waals surface area contributed by atoms with Gasteiger partial charge in [0.2, 0.25) is 5.91 Å². The Kier molecular flexibility index (Phi) is 4.89. The number of amides is 2. The smallest absolute Gasteiger partial charge is 0.251 e. The third-order valence-corrected chi connectivity index (χ3v) is 3.71. The molecule has 6 heteroatoms. The first-order valence-corrected chi connectivity index (χ1v) is 7.85. The molecule has 0 saturated heterocycles. The van der Waals surface area contributed by atoms with Crippen molar-refractivity contribution in [3.8, 4) is 5.69 Å². The fraction of sp³-hybridized carbons (Fsp3) is 0.105. The standard InChI is InChI=1S/C19H18N4O2/c1-14-11-16(23-9-2-3-10-23)6-7-17(14)19(25)21-13-18(24)22-15-5-4-8-20-12-15/h2-12H,13H2,1H3,(H,21,25)(H,22,24). The fourth-order valence-corrected chi connectivity index (χ4v) is 2.47. The first-order chi connectivity index (χ1) is 12.1. The summed E-state index contributed by atoms with van der Waals surface area (Å²) in [7, 11) is 0. The van der Waals surface area contributed by atoms with Gasteiger partial charge in [-0.05, 0) is 55.0 Å². The molecule has 25 heavy (non-hydrogen) atoms. The number of hydrogen-bond donors (Lipinski definition) is 2. The van der Waals surface area contributed by atoms with Crippen molar-refractivity contribution in [2.45, 2.75) is 6.92 Å². The van der Waals surface area contributed by atoms with E-state index in [2.05, 4.69) is 15.6 Å². The highest BCUT2D eigenvalue weighted by atomic mass is 16.2. The van der Waals surface area contributed by atoms with Gasteiger partial charge in [-0.1, -0.05) is 0 Å². The number of carbonyl (C=O) groups is 2. The van der Waals surface area contributed by atoms with E-state index in [9.17, 15) is 9.59 Å². The van der Waals surface area contributed by atoms with Crippen molar-refractivity contribution in [1.29, 1.82) is 0 Å². The molecule has 0 fully saturated rings. The zero-order chi connectivity index (χ0) is 17.6. The number of aromatic nitrogens is 2. The lowest BCUT2D eigenvalue weighted by molar-refractivity contribution is -0.115. The Morgan fingerprint density at radius 2 is 1.92 bits per heavy atom. The van der Waals surface area contributed by atoms with Gasteiger partial charge in [0.25, 0.3) is 5.91 Å². The quantitative estimate of drug-likeness (QED) is 0.753. The molecule has 0 aliphatic carbocycles. The summed E-state index contributed by atoms with van der Waals surface area (Å²) >= 11 is 0. The molecular weight excluding hydrogens is 316 g/mol. The molecule has 0 unspecified atom stereocenters. The second-order valence-electron chi connectivity index (χ2n) is 5.56. The van der Waals surface area contributed by atoms with Crippen LogP contribution in [0.2, 0.25) is 0 Å². The first-order valence-electron chi connectivity index (χ1n) is 7.85. The number of nitrogens with zero attached hydrogens (tertiary/aromatic N) is 2. The third kappa shape index (κ3) is 4.11. The van der Waals surface area contributed by atoms with E-state index in [0.29, 0.717) is 11.3 Å². The average molecular weight is 334 g/mol. The number of rotatable bonds is 5. The average Bonchev–Trinajstić information content (AvgIpc) is 3.15. The molecule has 3 rings (SSSR count). The Labute approximate surface area is 145 Å². The molecule has 2 heterocycles. The Morgan fingerprint density at radius 1 is 1.12 bits per heavy atom. The Hall–Kier alpha value is -3.41. The van der Waals surface area contributed by atoms with E-state index in [0.717, 1.165) is 11.3 Å². The van der Waals surface area contributed by atoms with Gasteiger partial charge < -0.3 is 15.2 Å². The molecule has 0 atom stereocenters. The number of carbonyl (C=O) groups excluding carboxylic acids is 2. The van der Waals surface area contributed by atoms with Crippen LogP contribution in [0.4, 0.5) is 5.69 Å². The van der Waals surface area contributed by atoms with Crippen LogP contribution in [0.3, 0.4) is 0 Å². The molecule has 1 aromatic carbocycles. The molecule has 3 aromatic rings. The van der Waals surface area contributed by atoms with Crippen molar-refractivity contribution < 1.29 is 9.59 Å². The number of pyridine rings is 1. The van der Waals surface area contributed by atoms with Gasteiger partial charge in [-0.25, -0.2) is 0 Å². The highest BCUT2D eigenvalue weighted by Crippen LogP contribution is 2.15. The van der Waals surface area contributed by atoms with Crippen LogP contribution in [0.15, 0.2) is 67.3 Å². The number of nitrogens with one attached hydrogen (secondary N) is 2. The van der Waals surface area contributed by atoms with Crippen LogP contribution in [0, 0.1) is 6.92 Å². The first kappa shape index (κ1) is 16.4. The van der Waals surface area contributed by atoms with Gasteiger partial charge in [-0.3, -0.25) is 14.6 Å². The van der Waals surface area contributed by atoms with E-state index in [-0.39, 0.29) is 18.4 Å². The van der Waals surface area contributed by atoms with Crippen LogP contribution < -0.4 is 10.6 Å². The fourth-order valence-electron chi connectivity index (χ4n) is 2.47. The lowest BCUT2D eigenvalue weighted by atomic mass is 10.1. The van der Waals surface area contributed by atoms with Gasteiger partial charge in [0.1, 0.15) is 0 Å². The van der Waals surface area contributed by atoms with Crippen molar-refractivity contribution in [2.24, 2.45) is 0 Å². The monoisotopic (exact) mass is 334 g/mol. The Morgan fingerprint density at radius 3 is 2.60 bits per heavy atom. The molecule has 126 valence electrons. The summed E-state index contributed by atoms with van der Waals surface area (Å²) in [5.74, 6) is -0.583. The van der Waals surface area contributed by atoms with Gasteiger partial charge in [0, 0.05) is 29.8 Å². The van der Waals surface area contributed by atoms with Crippen LogP contribution >= 0.6 is 0 Å². The molecule has 0 aliphatic heterocycles. The summed E-state index contributed by atoms with van der Waals surface area (Å²) in [5, 5.41) is 5.31. The van der Waals surface area contributed by atoms with E-state index >= 15 is 0 Å². The normalized spacial score (nSPS) is 10.3. The topological polar surface area (TPSA) is 76.0 Å². The zero-order valence-corrected chi connectivity index (χ0v) is 13.8. The maximum Gasteiger partial charge on any atom is 0.251 e. The zero-order valence-electron chi connectivity index (χ0n) is 13.8. The lowest BCUT2D eigenvalue weighted by Gasteiger charge is -2.10. The summed E-state index contributed by atoms with van der Waals surface area (Å²) in [6, 6.07) is 12.9. The Bertz CT molecular complexity index is 874. The second kappa shape index (κ2) is 7.44. The van der Waals surface area contributed by atoms with E-state index in [1.54, 1.807) is 30.6 Å². The molecule has 0 radical (unpaired) electrons. The van der Waals surface area contributed by atoms with Gasteiger partial charge in [-0.2, -0.15) is 0 Å². The van der Waals surface area contributed by atoms with Crippen LogP contribution in [-0.4, -0.2) is 27.9 Å². The van der Waals surface area contributed by atoms with E-state index in [1.165, 1.54) is 0 Å². The molecule has 0 bridgehead atoms. The highest BCUT2D eigenvalue weighted by molar-refractivity contribution is 6.00. The van der Waals surface area contributed by atoms with Crippen LogP contribution in [0.1, 0.15) is 15.9 Å². The maximum atomic E-state index is 12.3. The minimum Gasteiger partial charge on any atom is -0.343 e. The van der Waals surface area contributed by atoms with Crippen molar-refractivity contribution in [1.82, 2.24) is 14.9 Å². The number of hydrogen-bond acceptors (Lipinski definition) is 3. The SMILES string of the molecule is Cc1cc(-n2cccc2)ccc1C(=O)NCC(=O)Nc1cccnc1. The van der Waals surface area contributed by atoms with Gasteiger partial charge >= 0.3 is 0 Å². The molecule has 6 nitrogen and oxygen atoms in total. The molecule has 2 N–H and O–H groups in total. The van der Waals surface area contributed by atoms with Crippen LogP contribution in [0.25, 0.3) is 5.69 Å². The molecule has 2 amide bonds. The highest BCUT2D eigenvalue weighted by Gasteiger charge is 2.11. The second-order valence-corrected chi connectivity index (χ2v) is 5.56. The van der Waals surface area contributed by atoms with E-state index in [1.807, 2.05) is 48.1 Å². The minimum atomic E-state index is -0.303. The van der Waals surface area contributed by atoms with Crippen molar-refractivity contribution in [3.63, 3.8) is 0 Å². The molecule has 0 spiro atoms. The Balaban J connectivity index is 1.60. The predicted octanol–water partition coefficient (Wildman–Crippen LogP) is 2.55. The minimum absolute atomic E-state index is 0.105. The predicted molar refractivity (Wildman–Crippen MR) is 95.7 cm³/mol. The van der Waals surface area contributed by atoms with Gasteiger partial charge in [-0.15, -0.1) is 0 Å². The molecule has 2 aromatic heterocycles. The van der Waals surface area contributed by atoms with Crippen molar-refractivity contribution >= 4 is 17.5 Å². The van der Waals surface area contributed by atoms with E-state index < -0.39 is 0 Å². The van der Waals surface area contributed by atoms with Crippen LogP contribution in [0.5, 0.6) is 0 Å². The lowest BCUT2D eigenvalue weighted by Crippen LogP contribution is -2.33. The maximum absolute atomic E-state index is 12.3. The largest absolute Gasteiger partial charge is 0.343 e. The van der Waals surface area contributed by atoms with Crippen molar-refractivity contribution in [3.05, 3.63) is 78.4 Å². The summed E-state index contributed by atoms with van der Waals surface area (Å²) in [6.45, 7) is 1.77. The summed E-state index contributed by atoms with van der Waals surface area (Å²) in [4.78, 5) is 28.1. The van der Waals surface area contributed by atoms with Gasteiger partial charge in [0.15, 0.2) is 0 Å². The third-order valence-electron chi connectivity index (χ3n) is 3.71. The van der Waals surface area contributed by atoms with Crippen molar-refractivity contribution in [2.75, 3.05) is 11.9 Å². The number of anilines is 1. The van der Waals surface area contributed by atoms with E-state index in [4.69, 9.17) is 0 Å². The van der Waals surface area contributed by atoms with Gasteiger partial charge in [0.05, 0.1) is 18.4 Å². The molecular formula is C19H18N4O2. The number of benzene rings is 1. The molecule has 0 aliphatic rings.